The molecule has 6 nitrogen and oxygen atoms in total. The van der Waals surface area contributed by atoms with Crippen molar-refractivity contribution in [3.8, 4) is 0 Å². The summed E-state index contributed by atoms with van der Waals surface area (Å²) >= 11 is 4.23. The summed E-state index contributed by atoms with van der Waals surface area (Å²) in [4.78, 5) is 12.1. The van der Waals surface area contributed by atoms with E-state index in [1.54, 1.807) is 0 Å². The summed E-state index contributed by atoms with van der Waals surface area (Å²) < 4.78 is 13.7. The number of thioether (sulfide) groups is 1. The van der Waals surface area contributed by atoms with Crippen molar-refractivity contribution >= 4 is 46.0 Å². The van der Waals surface area contributed by atoms with Crippen molar-refractivity contribution in [2.45, 2.75) is 17.0 Å². The minimum absolute atomic E-state index is 0.262. The molecule has 0 aliphatic rings. The van der Waals surface area contributed by atoms with Crippen LogP contribution in [0, 0.1) is 12.7 Å². The van der Waals surface area contributed by atoms with Gasteiger partial charge in [0.2, 0.25) is 5.01 Å². The average molecular weight is 367 g/mol. The van der Waals surface area contributed by atoms with Gasteiger partial charge >= 0.3 is 0 Å². The normalized spacial score (nSPS) is 10.7. The molecule has 0 spiro atoms. The van der Waals surface area contributed by atoms with Gasteiger partial charge in [0.25, 0.3) is 5.91 Å². The number of hydrogen-bond donors (Lipinski definition) is 1. The third-order valence-corrected chi connectivity index (χ3v) is 5.68. The smallest absolute Gasteiger partial charge is 0.286 e. The second kappa shape index (κ2) is 7.11. The summed E-state index contributed by atoms with van der Waals surface area (Å²) in [6, 6.07) is 5.54. The minimum atomic E-state index is -0.364. The number of rotatable bonds is 5. The Labute approximate surface area is 143 Å². The van der Waals surface area contributed by atoms with Crippen molar-refractivity contribution in [1.29, 1.82) is 0 Å². The lowest BCUT2D eigenvalue weighted by molar-refractivity contribution is 0.102. The molecular weight excluding hydrogens is 357 g/mol. The Morgan fingerprint density at radius 2 is 1.96 bits per heavy atom. The highest BCUT2D eigenvalue weighted by molar-refractivity contribution is 8.00. The first-order valence-corrected chi connectivity index (χ1v) is 9.04. The molecule has 2 aromatic heterocycles. The molecule has 10 heteroatoms. The van der Waals surface area contributed by atoms with Crippen molar-refractivity contribution < 1.29 is 9.18 Å². The van der Waals surface area contributed by atoms with Crippen LogP contribution in [0.4, 0.5) is 10.1 Å². The number of aromatic nitrogens is 4. The number of carbonyl (C=O) groups is 1. The average Bonchev–Trinajstić information content (AvgIpc) is 3.16. The Hall–Kier alpha value is -1.91. The van der Waals surface area contributed by atoms with Crippen LogP contribution in [0.15, 0.2) is 28.6 Å². The maximum atomic E-state index is 12.8. The van der Waals surface area contributed by atoms with Crippen LogP contribution in [0.25, 0.3) is 0 Å². The van der Waals surface area contributed by atoms with Crippen LogP contribution >= 0.6 is 34.4 Å². The quantitative estimate of drug-likeness (QED) is 0.696. The summed E-state index contributed by atoms with van der Waals surface area (Å²) in [5.41, 5.74) is 0.506. The molecular formula is C13H10FN5OS3. The summed E-state index contributed by atoms with van der Waals surface area (Å²) in [5, 5.41) is 20.4. The molecule has 0 saturated heterocycles. The van der Waals surface area contributed by atoms with Gasteiger partial charge in [0.05, 0.1) is 5.75 Å². The van der Waals surface area contributed by atoms with Crippen LogP contribution in [0.1, 0.15) is 19.8 Å². The predicted molar refractivity (Wildman–Crippen MR) is 88.5 cm³/mol. The van der Waals surface area contributed by atoms with E-state index in [0.29, 0.717) is 11.4 Å². The third-order valence-electron chi connectivity index (χ3n) is 2.59. The van der Waals surface area contributed by atoms with Gasteiger partial charge in [0.1, 0.15) is 15.8 Å². The molecule has 1 N–H and O–H groups in total. The zero-order valence-corrected chi connectivity index (χ0v) is 14.3. The number of nitrogens with one attached hydrogen (secondary N) is 1. The van der Waals surface area contributed by atoms with Gasteiger partial charge in [-0.3, -0.25) is 4.79 Å². The van der Waals surface area contributed by atoms with Crippen LogP contribution in [-0.4, -0.2) is 26.3 Å². The first-order valence-electron chi connectivity index (χ1n) is 6.42. The fraction of sp³-hybridized carbons (Fsp3) is 0.154. The van der Waals surface area contributed by atoms with Crippen LogP contribution in [0.2, 0.25) is 0 Å². The van der Waals surface area contributed by atoms with Gasteiger partial charge in [-0.05, 0) is 31.2 Å². The van der Waals surface area contributed by atoms with Gasteiger partial charge in [-0.2, -0.15) is 0 Å². The van der Waals surface area contributed by atoms with Gasteiger partial charge in [-0.25, -0.2) is 4.39 Å². The zero-order valence-electron chi connectivity index (χ0n) is 11.8. The van der Waals surface area contributed by atoms with Gasteiger partial charge in [-0.1, -0.05) is 34.4 Å². The van der Waals surface area contributed by atoms with Gasteiger partial charge in [0.15, 0.2) is 4.34 Å². The number of benzene rings is 1. The van der Waals surface area contributed by atoms with E-state index >= 15 is 0 Å². The predicted octanol–water partition coefficient (Wildman–Crippen LogP) is 3.38. The maximum absolute atomic E-state index is 12.8. The molecule has 0 atom stereocenters. The van der Waals surface area contributed by atoms with Crippen molar-refractivity contribution in [2.75, 3.05) is 5.32 Å². The van der Waals surface area contributed by atoms with Crippen molar-refractivity contribution in [3.63, 3.8) is 0 Å². The standard InChI is InChI=1S/C13H10FN5OS3/c1-7-16-19-13(22-7)21-6-10-17-18-12(23-10)11(20)15-9-4-2-8(14)3-5-9/h2-5H,6H2,1H3,(H,15,20). The van der Waals surface area contributed by atoms with E-state index in [4.69, 9.17) is 0 Å². The summed E-state index contributed by atoms with van der Waals surface area (Å²) in [6.07, 6.45) is 0. The van der Waals surface area contributed by atoms with E-state index in [1.807, 2.05) is 6.92 Å². The number of halogens is 1. The molecule has 3 rings (SSSR count). The molecule has 23 heavy (non-hydrogen) atoms. The molecule has 3 aromatic rings. The number of carbonyl (C=O) groups excluding carboxylic acids is 1. The molecule has 0 unspecified atom stereocenters. The third kappa shape index (κ3) is 4.30. The Kier molecular flexibility index (Phi) is 4.94. The number of aryl methyl sites for hydroxylation is 1. The Balaban J connectivity index is 1.59. The first-order chi connectivity index (χ1) is 11.1. The van der Waals surface area contributed by atoms with Crippen LogP contribution in [0.3, 0.4) is 0 Å². The molecule has 118 valence electrons. The minimum Gasteiger partial charge on any atom is -0.320 e. The molecule has 0 aliphatic carbocycles. The monoisotopic (exact) mass is 367 g/mol. The number of anilines is 1. The Morgan fingerprint density at radius 1 is 1.17 bits per heavy atom. The SMILES string of the molecule is Cc1nnc(SCc2nnc(C(=O)Nc3ccc(F)cc3)s2)s1. The molecule has 0 saturated carbocycles. The topological polar surface area (TPSA) is 80.7 Å². The lowest BCUT2D eigenvalue weighted by atomic mass is 10.3. The van der Waals surface area contributed by atoms with E-state index in [2.05, 4.69) is 25.7 Å². The van der Waals surface area contributed by atoms with E-state index in [9.17, 15) is 9.18 Å². The summed E-state index contributed by atoms with van der Waals surface area (Å²) in [7, 11) is 0. The largest absolute Gasteiger partial charge is 0.320 e. The molecule has 0 bridgehead atoms. The lowest BCUT2D eigenvalue weighted by Crippen LogP contribution is -2.11. The Bertz CT molecular complexity index is 817. The fourth-order valence-electron chi connectivity index (χ4n) is 1.58. The highest BCUT2D eigenvalue weighted by Crippen LogP contribution is 2.26. The van der Waals surface area contributed by atoms with Crippen LogP contribution in [-0.2, 0) is 5.75 Å². The molecule has 0 aliphatic heterocycles. The highest BCUT2D eigenvalue weighted by atomic mass is 32.2. The fourth-order valence-corrected chi connectivity index (χ4v) is 4.12. The first kappa shape index (κ1) is 16.0. The summed E-state index contributed by atoms with van der Waals surface area (Å²) in [6.45, 7) is 1.89. The number of amides is 1. The van der Waals surface area contributed by atoms with Crippen LogP contribution in [0.5, 0.6) is 0 Å². The van der Waals surface area contributed by atoms with Gasteiger partial charge in [0, 0.05) is 5.69 Å². The van der Waals surface area contributed by atoms with Gasteiger partial charge in [-0.15, -0.1) is 20.4 Å². The van der Waals surface area contributed by atoms with E-state index < -0.39 is 0 Å². The molecule has 0 radical (unpaired) electrons. The van der Waals surface area contributed by atoms with Crippen molar-refractivity contribution in [2.24, 2.45) is 0 Å². The molecule has 2 heterocycles. The number of nitrogens with zero attached hydrogens (tertiary/aromatic N) is 4. The second-order valence-corrected chi connectivity index (χ2v) is 7.80. The maximum Gasteiger partial charge on any atom is 0.286 e. The zero-order chi connectivity index (χ0) is 16.2. The molecule has 0 fully saturated rings. The molecule has 1 amide bonds. The van der Waals surface area contributed by atoms with E-state index in [1.165, 1.54) is 58.7 Å². The van der Waals surface area contributed by atoms with E-state index in [0.717, 1.165) is 14.4 Å². The Morgan fingerprint density at radius 3 is 2.65 bits per heavy atom. The van der Waals surface area contributed by atoms with Gasteiger partial charge < -0.3 is 5.32 Å². The second-order valence-electron chi connectivity index (χ2n) is 4.34. The van der Waals surface area contributed by atoms with Crippen LogP contribution < -0.4 is 5.32 Å². The van der Waals surface area contributed by atoms with E-state index in [-0.39, 0.29) is 16.7 Å². The van der Waals surface area contributed by atoms with Crippen molar-refractivity contribution in [3.05, 3.63) is 45.1 Å². The lowest BCUT2D eigenvalue weighted by Gasteiger charge is -2.01. The number of hydrogen-bond acceptors (Lipinski definition) is 8. The molecule has 1 aromatic carbocycles. The summed E-state index contributed by atoms with van der Waals surface area (Å²) in [5.74, 6) is -0.141. The highest BCUT2D eigenvalue weighted by Gasteiger charge is 2.14. The van der Waals surface area contributed by atoms with Crippen molar-refractivity contribution in [1.82, 2.24) is 20.4 Å².